The van der Waals surface area contributed by atoms with Crippen molar-refractivity contribution in [2.45, 2.75) is 58.2 Å². The Morgan fingerprint density at radius 3 is 2.42 bits per heavy atom. The van der Waals surface area contributed by atoms with Crippen LogP contribution in [0.15, 0.2) is 38.7 Å². The maximum atomic E-state index is 15.5. The quantitative estimate of drug-likeness (QED) is 0.181. The van der Waals surface area contributed by atoms with Crippen molar-refractivity contribution < 1.29 is 33.1 Å². The molecule has 9 nitrogen and oxygen atoms in total. The van der Waals surface area contributed by atoms with E-state index in [0.717, 1.165) is 18.9 Å². The number of rotatable bonds is 7. The number of esters is 1. The molecule has 11 heteroatoms. The maximum Gasteiger partial charge on any atom is 0.309 e. The third-order valence-corrected chi connectivity index (χ3v) is 5.57. The molecule has 1 aliphatic heterocycles. The van der Waals surface area contributed by atoms with E-state index >= 15 is 4.39 Å². The van der Waals surface area contributed by atoms with Crippen molar-refractivity contribution in [2.24, 2.45) is 5.16 Å². The first kappa shape index (κ1) is 24.3. The Hall–Kier alpha value is -3.32. The van der Waals surface area contributed by atoms with E-state index in [9.17, 15) is 19.2 Å². The number of halogens is 2. The van der Waals surface area contributed by atoms with Gasteiger partial charge in [-0.25, -0.2) is 9.29 Å². The number of ketones is 1. The molecule has 0 N–H and O–H groups in total. The molecule has 1 atom stereocenters. The molecule has 0 aromatic carbocycles. The number of Topliss-reactive ketones (excluding diaryl/α,β-unsaturated/α-hetero) is 1. The number of ether oxygens (including phenoxy) is 1. The first-order valence-electron chi connectivity index (χ1n) is 10.4. The molecule has 174 valence electrons. The van der Waals surface area contributed by atoms with E-state index < -0.39 is 51.8 Å². The van der Waals surface area contributed by atoms with E-state index in [-0.39, 0.29) is 19.1 Å². The van der Waals surface area contributed by atoms with Gasteiger partial charge in [0, 0.05) is 11.1 Å². The SMILES string of the molecule is CC(C)OC(=O)CCON=C1C(Cl)=C(C(=O)C#N)C=C(N2C(=O)C3=C(CCCC3)C2=O)C1F. The van der Waals surface area contributed by atoms with Crippen LogP contribution in [0.1, 0.15) is 46.0 Å². The number of allylic oxidation sites excluding steroid dienone is 4. The largest absolute Gasteiger partial charge is 0.463 e. The summed E-state index contributed by atoms with van der Waals surface area (Å²) < 4.78 is 20.4. The maximum absolute atomic E-state index is 15.5. The number of alkyl halides is 1. The number of amides is 2. The van der Waals surface area contributed by atoms with Gasteiger partial charge in [0.05, 0.1) is 28.8 Å². The molecular weight excluding hydrogens is 457 g/mol. The van der Waals surface area contributed by atoms with Crippen LogP contribution in [-0.4, -0.2) is 53.1 Å². The highest BCUT2D eigenvalue weighted by Gasteiger charge is 2.45. The van der Waals surface area contributed by atoms with Gasteiger partial charge in [-0.3, -0.25) is 19.2 Å². The topological polar surface area (TPSA) is 126 Å². The normalized spacial score (nSPS) is 21.9. The molecular formula is C22H21ClFN3O6. The molecule has 0 saturated carbocycles. The van der Waals surface area contributed by atoms with Gasteiger partial charge < -0.3 is 9.57 Å². The Balaban J connectivity index is 1.89. The average Bonchev–Trinajstić information content (AvgIpc) is 3.03. The summed E-state index contributed by atoms with van der Waals surface area (Å²) in [5.74, 6) is -2.99. The Labute approximate surface area is 194 Å². The summed E-state index contributed by atoms with van der Waals surface area (Å²) in [6.07, 6.45) is 0.490. The van der Waals surface area contributed by atoms with Gasteiger partial charge in [0.2, 0.25) is 0 Å². The number of carbonyl (C=O) groups is 4. The van der Waals surface area contributed by atoms with Crippen LogP contribution < -0.4 is 0 Å². The van der Waals surface area contributed by atoms with E-state index in [4.69, 9.17) is 26.4 Å². The molecule has 1 unspecified atom stereocenters. The number of imide groups is 1. The molecule has 3 aliphatic rings. The minimum atomic E-state index is -2.19. The highest BCUT2D eigenvalue weighted by atomic mass is 35.5. The summed E-state index contributed by atoms with van der Waals surface area (Å²) in [6, 6.07) is 1.38. The van der Waals surface area contributed by atoms with Crippen LogP contribution in [0.5, 0.6) is 0 Å². The average molecular weight is 478 g/mol. The smallest absolute Gasteiger partial charge is 0.309 e. The number of hydrogen-bond acceptors (Lipinski definition) is 8. The van der Waals surface area contributed by atoms with Crippen molar-refractivity contribution in [3.8, 4) is 6.07 Å². The van der Waals surface area contributed by atoms with Crippen LogP contribution >= 0.6 is 11.6 Å². The van der Waals surface area contributed by atoms with Crippen LogP contribution in [0, 0.1) is 11.3 Å². The van der Waals surface area contributed by atoms with Crippen molar-refractivity contribution in [2.75, 3.05) is 6.61 Å². The Morgan fingerprint density at radius 2 is 1.88 bits per heavy atom. The van der Waals surface area contributed by atoms with Crippen LogP contribution in [0.3, 0.4) is 0 Å². The number of nitriles is 1. The Bertz CT molecular complexity index is 1050. The van der Waals surface area contributed by atoms with Gasteiger partial charge in [-0.1, -0.05) is 16.8 Å². The van der Waals surface area contributed by atoms with Crippen LogP contribution in [0.25, 0.3) is 0 Å². The minimum Gasteiger partial charge on any atom is -0.463 e. The number of oxime groups is 1. The molecule has 33 heavy (non-hydrogen) atoms. The summed E-state index contributed by atoms with van der Waals surface area (Å²) in [4.78, 5) is 55.1. The fourth-order valence-corrected chi connectivity index (χ4v) is 3.97. The summed E-state index contributed by atoms with van der Waals surface area (Å²) in [6.45, 7) is 3.08. The first-order chi connectivity index (χ1) is 15.7. The summed E-state index contributed by atoms with van der Waals surface area (Å²) in [5, 5.41) is 12.2. The van der Waals surface area contributed by atoms with Crippen LogP contribution in [-0.2, 0) is 28.8 Å². The molecule has 2 aliphatic carbocycles. The third-order valence-electron chi connectivity index (χ3n) is 5.18. The first-order valence-corrected chi connectivity index (χ1v) is 10.8. The van der Waals surface area contributed by atoms with Crippen molar-refractivity contribution in [3.05, 3.63) is 33.5 Å². The lowest BCUT2D eigenvalue weighted by Gasteiger charge is -2.26. The molecule has 0 aromatic rings. The van der Waals surface area contributed by atoms with Crippen molar-refractivity contribution in [1.29, 1.82) is 5.26 Å². The van der Waals surface area contributed by atoms with E-state index in [1.807, 2.05) is 0 Å². The van der Waals surface area contributed by atoms with E-state index in [1.165, 1.54) is 6.07 Å². The number of nitrogens with zero attached hydrogens (tertiary/aromatic N) is 3. The van der Waals surface area contributed by atoms with E-state index in [2.05, 4.69) is 5.16 Å². The predicted molar refractivity (Wildman–Crippen MR) is 113 cm³/mol. The molecule has 0 saturated heterocycles. The fraction of sp³-hybridized carbons (Fsp3) is 0.455. The zero-order chi connectivity index (χ0) is 24.3. The summed E-state index contributed by atoms with van der Waals surface area (Å²) in [5.41, 5.74) is -0.826. The van der Waals surface area contributed by atoms with Gasteiger partial charge in [0.15, 0.2) is 6.17 Å². The molecule has 0 spiro atoms. The van der Waals surface area contributed by atoms with E-state index in [0.29, 0.717) is 28.9 Å². The monoisotopic (exact) mass is 477 g/mol. The predicted octanol–water partition coefficient (Wildman–Crippen LogP) is 2.76. The van der Waals surface area contributed by atoms with Gasteiger partial charge in [0.25, 0.3) is 17.6 Å². The minimum absolute atomic E-state index is 0.181. The van der Waals surface area contributed by atoms with Gasteiger partial charge in [-0.05, 0) is 45.6 Å². The molecule has 0 fully saturated rings. The number of carbonyl (C=O) groups excluding carboxylic acids is 4. The summed E-state index contributed by atoms with van der Waals surface area (Å²) in [7, 11) is 0. The second kappa shape index (κ2) is 10.1. The van der Waals surface area contributed by atoms with Crippen molar-refractivity contribution >= 4 is 40.9 Å². The highest BCUT2D eigenvalue weighted by Crippen LogP contribution is 2.38. The molecule has 2 amide bonds. The van der Waals surface area contributed by atoms with Gasteiger partial charge in [0.1, 0.15) is 18.4 Å². The lowest BCUT2D eigenvalue weighted by Crippen LogP contribution is -2.40. The molecule has 0 radical (unpaired) electrons. The molecule has 0 bridgehead atoms. The van der Waals surface area contributed by atoms with Gasteiger partial charge in [-0.15, -0.1) is 0 Å². The molecule has 3 rings (SSSR count). The zero-order valence-corrected chi connectivity index (χ0v) is 18.8. The Kier molecular flexibility index (Phi) is 7.43. The Morgan fingerprint density at radius 1 is 1.27 bits per heavy atom. The molecule has 0 aromatic heterocycles. The standard InChI is InChI=1S/C22H21ClFN3O6/c1-11(2)33-17(29)7-8-32-26-20-18(23)14(16(28)10-25)9-15(19(20)24)27-21(30)12-5-3-4-6-13(12)22(27)31/h9,11,19H,3-8H2,1-2H3. The second-order valence-electron chi connectivity index (χ2n) is 7.81. The lowest BCUT2D eigenvalue weighted by atomic mass is 9.93. The van der Waals surface area contributed by atoms with E-state index in [1.54, 1.807) is 13.8 Å². The highest BCUT2D eigenvalue weighted by molar-refractivity contribution is 6.47. The van der Waals surface area contributed by atoms with Crippen LogP contribution in [0.4, 0.5) is 4.39 Å². The zero-order valence-electron chi connectivity index (χ0n) is 18.0. The third kappa shape index (κ3) is 4.88. The fourth-order valence-electron chi connectivity index (χ4n) is 3.70. The summed E-state index contributed by atoms with van der Waals surface area (Å²) >= 11 is 6.12. The van der Waals surface area contributed by atoms with Crippen molar-refractivity contribution in [3.63, 3.8) is 0 Å². The van der Waals surface area contributed by atoms with Crippen molar-refractivity contribution in [1.82, 2.24) is 4.90 Å². The van der Waals surface area contributed by atoms with Gasteiger partial charge in [-0.2, -0.15) is 5.26 Å². The lowest BCUT2D eigenvalue weighted by molar-refractivity contribution is -0.148. The van der Waals surface area contributed by atoms with Gasteiger partial charge >= 0.3 is 5.97 Å². The number of hydrogen-bond donors (Lipinski definition) is 0. The van der Waals surface area contributed by atoms with Crippen LogP contribution in [0.2, 0.25) is 0 Å². The second-order valence-corrected chi connectivity index (χ2v) is 8.19. The molecule has 1 heterocycles.